The van der Waals surface area contributed by atoms with Crippen molar-refractivity contribution < 1.29 is 0 Å². The minimum atomic E-state index is 0.745. The van der Waals surface area contributed by atoms with Crippen molar-refractivity contribution in [3.05, 3.63) is 34.4 Å². The van der Waals surface area contributed by atoms with Crippen LogP contribution in [0.4, 0.5) is 0 Å². The molecule has 0 aliphatic rings. The van der Waals surface area contributed by atoms with Crippen molar-refractivity contribution in [3.8, 4) is 11.8 Å². The quantitative estimate of drug-likeness (QED) is 0.496. The number of aryl methyl sites for hydroxylation is 3. The zero-order valence-electron chi connectivity index (χ0n) is 9.47. The lowest BCUT2D eigenvalue weighted by molar-refractivity contribution is 1.30. The molecule has 0 unspecified atom stereocenters. The highest BCUT2D eigenvalue weighted by Gasteiger charge is 2.00. The van der Waals surface area contributed by atoms with Gasteiger partial charge in [-0.25, -0.2) is 0 Å². The highest BCUT2D eigenvalue weighted by atomic mass is 32.2. The maximum atomic E-state index is 5.06. The van der Waals surface area contributed by atoms with E-state index in [1.165, 1.54) is 28.5 Å². The van der Waals surface area contributed by atoms with Crippen LogP contribution < -0.4 is 0 Å². The molecular formula is C13H14S2. The van der Waals surface area contributed by atoms with Crippen molar-refractivity contribution in [1.29, 1.82) is 0 Å². The van der Waals surface area contributed by atoms with Crippen molar-refractivity contribution in [1.82, 2.24) is 0 Å². The fourth-order valence-corrected chi connectivity index (χ4v) is 1.75. The van der Waals surface area contributed by atoms with E-state index in [1.807, 2.05) is 6.26 Å². The molecule has 15 heavy (non-hydrogen) atoms. The Bertz CT molecular complexity index is 424. The summed E-state index contributed by atoms with van der Waals surface area (Å²) < 4.78 is 0.745. The first-order chi connectivity index (χ1) is 7.04. The van der Waals surface area contributed by atoms with Crippen molar-refractivity contribution in [2.24, 2.45) is 0 Å². The molecule has 0 saturated heterocycles. The second-order valence-electron chi connectivity index (χ2n) is 3.52. The molecule has 2 heteroatoms. The predicted molar refractivity (Wildman–Crippen MR) is 73.6 cm³/mol. The molecule has 1 rings (SSSR count). The Morgan fingerprint density at radius 1 is 1.20 bits per heavy atom. The molecule has 0 amide bonds. The number of thioether (sulfide) groups is 1. The lowest BCUT2D eigenvalue weighted by atomic mass is 10.0. The molecule has 0 radical (unpaired) electrons. The highest BCUT2D eigenvalue weighted by molar-refractivity contribution is 8.23. The molecule has 0 atom stereocenters. The Morgan fingerprint density at radius 3 is 2.20 bits per heavy atom. The van der Waals surface area contributed by atoms with Gasteiger partial charge in [-0.1, -0.05) is 35.8 Å². The average molecular weight is 234 g/mol. The molecule has 1 aromatic carbocycles. The molecule has 0 nitrogen and oxygen atoms in total. The third-order valence-electron chi connectivity index (χ3n) is 2.15. The molecule has 0 fully saturated rings. The summed E-state index contributed by atoms with van der Waals surface area (Å²) in [6, 6.07) is 4.30. The summed E-state index contributed by atoms with van der Waals surface area (Å²) >= 11 is 6.57. The van der Waals surface area contributed by atoms with Crippen LogP contribution in [0.5, 0.6) is 0 Å². The fraction of sp³-hybridized carbons (Fsp3) is 0.308. The first kappa shape index (κ1) is 12.3. The highest BCUT2D eigenvalue weighted by Crippen LogP contribution is 2.15. The Morgan fingerprint density at radius 2 is 1.73 bits per heavy atom. The third kappa shape index (κ3) is 3.37. The van der Waals surface area contributed by atoms with E-state index in [1.54, 1.807) is 0 Å². The van der Waals surface area contributed by atoms with Gasteiger partial charge in [-0.2, -0.15) is 0 Å². The molecule has 1 aromatic rings. The molecule has 0 spiro atoms. The Hall–Kier alpha value is -0.780. The fourth-order valence-electron chi connectivity index (χ4n) is 1.54. The maximum Gasteiger partial charge on any atom is 0.121 e. The van der Waals surface area contributed by atoms with Crippen molar-refractivity contribution in [2.45, 2.75) is 20.8 Å². The van der Waals surface area contributed by atoms with E-state index >= 15 is 0 Å². The molecule has 0 bridgehead atoms. The number of hydrogen-bond acceptors (Lipinski definition) is 2. The van der Waals surface area contributed by atoms with Gasteiger partial charge in [-0.3, -0.25) is 0 Å². The molecule has 0 heterocycles. The van der Waals surface area contributed by atoms with E-state index in [0.29, 0.717) is 0 Å². The largest absolute Gasteiger partial charge is 0.121 e. The predicted octanol–water partition coefficient (Wildman–Crippen LogP) is 3.65. The van der Waals surface area contributed by atoms with E-state index in [4.69, 9.17) is 12.2 Å². The molecule has 0 N–H and O–H groups in total. The van der Waals surface area contributed by atoms with Gasteiger partial charge in [-0.15, -0.1) is 11.8 Å². The van der Waals surface area contributed by atoms with Crippen LogP contribution in [0, 0.1) is 32.6 Å². The summed E-state index contributed by atoms with van der Waals surface area (Å²) in [5.74, 6) is 6.14. The van der Waals surface area contributed by atoms with Gasteiger partial charge in [-0.05, 0) is 44.1 Å². The molecular weight excluding hydrogens is 220 g/mol. The number of thiocarbonyl (C=S) groups is 1. The minimum absolute atomic E-state index is 0.745. The van der Waals surface area contributed by atoms with Gasteiger partial charge < -0.3 is 0 Å². The van der Waals surface area contributed by atoms with Gasteiger partial charge in [0.05, 0.1) is 0 Å². The van der Waals surface area contributed by atoms with Crippen LogP contribution in [0.15, 0.2) is 12.1 Å². The lowest BCUT2D eigenvalue weighted by Crippen LogP contribution is -1.90. The van der Waals surface area contributed by atoms with Crippen LogP contribution >= 0.6 is 24.0 Å². The maximum absolute atomic E-state index is 5.06. The van der Waals surface area contributed by atoms with E-state index in [9.17, 15) is 0 Å². The second-order valence-corrected chi connectivity index (χ2v) is 5.00. The van der Waals surface area contributed by atoms with Crippen LogP contribution in [0.3, 0.4) is 0 Å². The van der Waals surface area contributed by atoms with Crippen LogP contribution in [0.25, 0.3) is 0 Å². The van der Waals surface area contributed by atoms with Gasteiger partial charge >= 0.3 is 0 Å². The monoisotopic (exact) mass is 234 g/mol. The summed E-state index contributed by atoms with van der Waals surface area (Å²) in [5.41, 5.74) is 4.84. The molecule has 0 aromatic heterocycles. The summed E-state index contributed by atoms with van der Waals surface area (Å²) in [5, 5.41) is 0. The minimum Gasteiger partial charge on any atom is -0.109 e. The summed E-state index contributed by atoms with van der Waals surface area (Å²) in [6.07, 6.45) is 1.95. The van der Waals surface area contributed by atoms with Crippen molar-refractivity contribution >= 4 is 28.2 Å². The Balaban J connectivity index is 3.14. The molecule has 0 aliphatic heterocycles. The van der Waals surface area contributed by atoms with E-state index in [2.05, 4.69) is 44.7 Å². The smallest absolute Gasteiger partial charge is 0.109 e. The average Bonchev–Trinajstić information content (AvgIpc) is 2.15. The molecule has 78 valence electrons. The van der Waals surface area contributed by atoms with Crippen molar-refractivity contribution in [3.63, 3.8) is 0 Å². The first-order valence-corrected chi connectivity index (χ1v) is 6.35. The Labute approximate surface area is 101 Å². The van der Waals surface area contributed by atoms with E-state index in [0.717, 1.165) is 9.76 Å². The molecule has 0 aliphatic carbocycles. The van der Waals surface area contributed by atoms with Crippen LogP contribution in [0.2, 0.25) is 0 Å². The first-order valence-electron chi connectivity index (χ1n) is 4.72. The van der Waals surface area contributed by atoms with Gasteiger partial charge in [0.25, 0.3) is 0 Å². The second kappa shape index (κ2) is 5.34. The van der Waals surface area contributed by atoms with Gasteiger partial charge in [0.15, 0.2) is 0 Å². The van der Waals surface area contributed by atoms with E-state index in [-0.39, 0.29) is 0 Å². The van der Waals surface area contributed by atoms with Gasteiger partial charge in [0.2, 0.25) is 0 Å². The van der Waals surface area contributed by atoms with Crippen LogP contribution in [0.1, 0.15) is 22.3 Å². The van der Waals surface area contributed by atoms with Crippen LogP contribution in [-0.4, -0.2) is 10.5 Å². The normalized spacial score (nSPS) is 9.33. The summed E-state index contributed by atoms with van der Waals surface area (Å²) in [6.45, 7) is 6.28. The zero-order chi connectivity index (χ0) is 11.4. The van der Waals surface area contributed by atoms with Gasteiger partial charge in [0, 0.05) is 5.56 Å². The zero-order valence-corrected chi connectivity index (χ0v) is 11.1. The summed E-state index contributed by atoms with van der Waals surface area (Å²) in [4.78, 5) is 0. The lowest BCUT2D eigenvalue weighted by Gasteiger charge is -2.04. The Kier molecular flexibility index (Phi) is 4.38. The van der Waals surface area contributed by atoms with Gasteiger partial charge in [0.1, 0.15) is 4.20 Å². The molecule has 0 saturated carbocycles. The number of rotatable bonds is 0. The number of benzene rings is 1. The SMILES string of the molecule is CSC(=S)C#Cc1c(C)cc(C)cc1C. The van der Waals surface area contributed by atoms with Crippen LogP contribution in [-0.2, 0) is 0 Å². The van der Waals surface area contributed by atoms with Crippen molar-refractivity contribution in [2.75, 3.05) is 6.26 Å². The topological polar surface area (TPSA) is 0 Å². The third-order valence-corrected chi connectivity index (χ3v) is 3.23. The number of hydrogen-bond donors (Lipinski definition) is 0. The standard InChI is InChI=1S/C13H14S2/c1-9-7-10(2)12(11(3)8-9)5-6-13(14)15-4/h7-8H,1-4H3. The van der Waals surface area contributed by atoms with E-state index < -0.39 is 0 Å². The summed E-state index contributed by atoms with van der Waals surface area (Å²) in [7, 11) is 0.